The van der Waals surface area contributed by atoms with Crippen molar-refractivity contribution in [1.29, 1.82) is 0 Å². The average molecular weight is 224 g/mol. The zero-order chi connectivity index (χ0) is 11.4. The summed E-state index contributed by atoms with van der Waals surface area (Å²) in [6, 6.07) is 1.21. The first-order chi connectivity index (χ1) is 7.75. The third-order valence-corrected chi connectivity index (χ3v) is 2.31. The molecule has 0 bridgehead atoms. The molecule has 0 radical (unpaired) electrons. The van der Waals surface area contributed by atoms with Crippen molar-refractivity contribution in [3.63, 3.8) is 0 Å². The molecule has 1 aromatic heterocycles. The molecule has 0 unspecified atom stereocenters. The Morgan fingerprint density at radius 2 is 2.25 bits per heavy atom. The predicted octanol–water partition coefficient (Wildman–Crippen LogP) is 0.554. The van der Waals surface area contributed by atoms with Gasteiger partial charge in [-0.15, -0.1) is 0 Å². The number of rotatable bonds is 5. The molecular weight excluding hydrogens is 211 g/mol. The van der Waals surface area contributed by atoms with Crippen LogP contribution in [0.25, 0.3) is 0 Å². The summed E-state index contributed by atoms with van der Waals surface area (Å²) in [5.41, 5.74) is 0. The number of amides is 1. The maximum atomic E-state index is 12.7. The molecule has 1 aliphatic carbocycles. The highest BCUT2D eigenvalue weighted by Crippen LogP contribution is 2.28. The second-order valence-electron chi connectivity index (χ2n) is 3.72. The molecular formula is C10H13FN4O. The zero-order valence-electron chi connectivity index (χ0n) is 8.74. The maximum Gasteiger partial charge on any atom is 0.223 e. The van der Waals surface area contributed by atoms with Crippen molar-refractivity contribution >= 4 is 11.7 Å². The van der Waals surface area contributed by atoms with Gasteiger partial charge in [-0.25, -0.2) is 9.97 Å². The first kappa shape index (κ1) is 10.8. The number of nitrogens with zero attached hydrogens (tertiary/aromatic N) is 2. The third-order valence-electron chi connectivity index (χ3n) is 2.31. The van der Waals surface area contributed by atoms with Crippen molar-refractivity contribution < 1.29 is 9.18 Å². The minimum atomic E-state index is -0.570. The summed E-state index contributed by atoms with van der Waals surface area (Å²) < 4.78 is 12.7. The topological polar surface area (TPSA) is 66.9 Å². The van der Waals surface area contributed by atoms with Crippen LogP contribution in [0.5, 0.6) is 0 Å². The van der Waals surface area contributed by atoms with Crippen LogP contribution < -0.4 is 10.6 Å². The summed E-state index contributed by atoms with van der Waals surface area (Å²) in [4.78, 5) is 18.4. The molecule has 0 spiro atoms. The van der Waals surface area contributed by atoms with E-state index in [2.05, 4.69) is 20.6 Å². The lowest BCUT2D eigenvalue weighted by Gasteiger charge is -2.06. The lowest BCUT2D eigenvalue weighted by atomic mass is 10.4. The van der Waals surface area contributed by atoms with Gasteiger partial charge in [0.1, 0.15) is 12.1 Å². The van der Waals surface area contributed by atoms with Crippen LogP contribution >= 0.6 is 0 Å². The Balaban J connectivity index is 1.65. The van der Waals surface area contributed by atoms with Gasteiger partial charge in [0.2, 0.25) is 11.9 Å². The third kappa shape index (κ3) is 3.15. The van der Waals surface area contributed by atoms with E-state index >= 15 is 0 Å². The summed E-state index contributed by atoms with van der Waals surface area (Å²) in [6.07, 6.45) is 3.15. The van der Waals surface area contributed by atoms with E-state index in [0.717, 1.165) is 19.2 Å². The highest BCUT2D eigenvalue weighted by molar-refractivity contribution is 5.80. The van der Waals surface area contributed by atoms with Crippen LogP contribution in [-0.2, 0) is 4.79 Å². The summed E-state index contributed by atoms with van der Waals surface area (Å²) >= 11 is 0. The minimum absolute atomic E-state index is 0.107. The summed E-state index contributed by atoms with van der Waals surface area (Å²) in [6.45, 7) is 1.04. The quantitative estimate of drug-likeness (QED) is 0.566. The number of nitrogens with one attached hydrogen (secondary N) is 2. The van der Waals surface area contributed by atoms with Gasteiger partial charge in [0.25, 0.3) is 0 Å². The van der Waals surface area contributed by atoms with E-state index in [4.69, 9.17) is 0 Å². The maximum absolute atomic E-state index is 12.7. The van der Waals surface area contributed by atoms with Crippen LogP contribution in [0.3, 0.4) is 0 Å². The minimum Gasteiger partial charge on any atom is -0.368 e. The molecule has 1 saturated carbocycles. The Morgan fingerprint density at radius 1 is 1.44 bits per heavy atom. The molecule has 6 heteroatoms. The van der Waals surface area contributed by atoms with E-state index < -0.39 is 5.95 Å². The molecule has 1 fully saturated rings. The first-order valence-corrected chi connectivity index (χ1v) is 5.25. The Hall–Kier alpha value is -1.72. The fourth-order valence-electron chi connectivity index (χ4n) is 1.30. The van der Waals surface area contributed by atoms with Crippen LogP contribution in [0, 0.1) is 11.9 Å². The van der Waals surface area contributed by atoms with Gasteiger partial charge in [-0.3, -0.25) is 4.79 Å². The standard InChI is InChI=1S/C10H13FN4O/c11-8-5-9(15-6-14-8)12-3-4-13-10(16)7-1-2-7/h5-7H,1-4H2,(H,13,16)(H,12,14,15). The molecule has 1 aromatic rings. The lowest BCUT2D eigenvalue weighted by Crippen LogP contribution is -2.29. The predicted molar refractivity (Wildman–Crippen MR) is 56.2 cm³/mol. The van der Waals surface area contributed by atoms with Gasteiger partial charge in [-0.2, -0.15) is 4.39 Å². The largest absolute Gasteiger partial charge is 0.368 e. The molecule has 86 valence electrons. The van der Waals surface area contributed by atoms with Gasteiger partial charge in [0.15, 0.2) is 0 Å². The van der Waals surface area contributed by atoms with E-state index in [1.807, 2.05) is 0 Å². The second kappa shape index (κ2) is 4.87. The highest BCUT2D eigenvalue weighted by atomic mass is 19.1. The molecule has 0 saturated heterocycles. The zero-order valence-corrected chi connectivity index (χ0v) is 8.74. The molecule has 2 rings (SSSR count). The number of carbonyl (C=O) groups is 1. The van der Waals surface area contributed by atoms with Crippen molar-refractivity contribution in [2.45, 2.75) is 12.8 Å². The van der Waals surface area contributed by atoms with Crippen molar-refractivity contribution in [2.24, 2.45) is 5.92 Å². The average Bonchev–Trinajstić information content (AvgIpc) is 3.08. The second-order valence-corrected chi connectivity index (χ2v) is 3.72. The lowest BCUT2D eigenvalue weighted by molar-refractivity contribution is -0.122. The number of hydrogen-bond donors (Lipinski definition) is 2. The molecule has 0 atom stereocenters. The van der Waals surface area contributed by atoms with Crippen LogP contribution in [0.15, 0.2) is 12.4 Å². The van der Waals surface area contributed by atoms with Crippen molar-refractivity contribution in [3.05, 3.63) is 18.3 Å². The summed E-state index contributed by atoms with van der Waals surface area (Å²) in [5, 5.41) is 5.69. The molecule has 1 amide bonds. The Morgan fingerprint density at radius 3 is 2.94 bits per heavy atom. The van der Waals surface area contributed by atoms with Crippen molar-refractivity contribution in [1.82, 2.24) is 15.3 Å². The van der Waals surface area contributed by atoms with Crippen LogP contribution in [0.4, 0.5) is 10.2 Å². The smallest absolute Gasteiger partial charge is 0.223 e. The van der Waals surface area contributed by atoms with Gasteiger partial charge in [0, 0.05) is 25.1 Å². The molecule has 1 heterocycles. The van der Waals surface area contributed by atoms with Gasteiger partial charge in [-0.1, -0.05) is 0 Å². The number of hydrogen-bond acceptors (Lipinski definition) is 4. The number of carbonyl (C=O) groups excluding carboxylic acids is 1. The SMILES string of the molecule is O=C(NCCNc1cc(F)ncn1)C1CC1. The number of aromatic nitrogens is 2. The Labute approximate surface area is 92.5 Å². The fourth-order valence-corrected chi connectivity index (χ4v) is 1.30. The molecule has 0 aliphatic heterocycles. The fraction of sp³-hybridized carbons (Fsp3) is 0.500. The van der Waals surface area contributed by atoms with Gasteiger partial charge in [-0.05, 0) is 12.8 Å². The van der Waals surface area contributed by atoms with Crippen LogP contribution in [-0.4, -0.2) is 29.0 Å². The summed E-state index contributed by atoms with van der Waals surface area (Å²) in [7, 11) is 0. The monoisotopic (exact) mass is 224 g/mol. The Kier molecular flexibility index (Phi) is 3.28. The number of anilines is 1. The van der Waals surface area contributed by atoms with E-state index in [1.54, 1.807) is 0 Å². The molecule has 0 aromatic carbocycles. The molecule has 2 N–H and O–H groups in total. The normalized spacial score (nSPS) is 14.6. The van der Waals surface area contributed by atoms with E-state index in [0.29, 0.717) is 18.9 Å². The van der Waals surface area contributed by atoms with E-state index in [1.165, 1.54) is 6.07 Å². The van der Waals surface area contributed by atoms with E-state index in [-0.39, 0.29) is 11.8 Å². The first-order valence-electron chi connectivity index (χ1n) is 5.25. The molecule has 5 nitrogen and oxygen atoms in total. The van der Waals surface area contributed by atoms with Crippen molar-refractivity contribution in [2.75, 3.05) is 18.4 Å². The molecule has 1 aliphatic rings. The molecule has 16 heavy (non-hydrogen) atoms. The van der Waals surface area contributed by atoms with Gasteiger partial charge >= 0.3 is 0 Å². The highest BCUT2D eigenvalue weighted by Gasteiger charge is 2.28. The van der Waals surface area contributed by atoms with Gasteiger partial charge in [0.05, 0.1) is 0 Å². The number of halogens is 1. The van der Waals surface area contributed by atoms with Crippen LogP contribution in [0.2, 0.25) is 0 Å². The van der Waals surface area contributed by atoms with Crippen LogP contribution in [0.1, 0.15) is 12.8 Å². The Bertz CT molecular complexity index is 381. The van der Waals surface area contributed by atoms with Gasteiger partial charge < -0.3 is 10.6 Å². The summed E-state index contributed by atoms with van der Waals surface area (Å²) in [5.74, 6) is 0.180. The van der Waals surface area contributed by atoms with E-state index in [9.17, 15) is 9.18 Å². The van der Waals surface area contributed by atoms with Crippen molar-refractivity contribution in [3.8, 4) is 0 Å².